The van der Waals surface area contributed by atoms with Gasteiger partial charge < -0.3 is 0 Å². The van der Waals surface area contributed by atoms with Gasteiger partial charge in [0.05, 0.1) is 23.5 Å². The van der Waals surface area contributed by atoms with Gasteiger partial charge in [-0.05, 0) is 47.2 Å². The zero-order valence-electron chi connectivity index (χ0n) is 19.3. The quantitative estimate of drug-likeness (QED) is 0.198. The normalized spacial score (nSPS) is 11.7. The summed E-state index contributed by atoms with van der Waals surface area (Å²) < 4.78 is 18.9. The van der Waals surface area contributed by atoms with E-state index in [-0.39, 0.29) is 0 Å². The van der Waals surface area contributed by atoms with Crippen molar-refractivity contribution in [3.8, 4) is 51.5 Å². The van der Waals surface area contributed by atoms with E-state index in [1.807, 2.05) is 0 Å². The molecule has 0 fully saturated rings. The lowest BCUT2D eigenvalue weighted by atomic mass is 9.98. The van der Waals surface area contributed by atoms with Crippen molar-refractivity contribution in [1.29, 1.82) is 0 Å². The van der Waals surface area contributed by atoms with Crippen LogP contribution in [-0.2, 0) is 0 Å². The van der Waals surface area contributed by atoms with Crippen molar-refractivity contribution in [2.45, 2.75) is 0 Å². The highest BCUT2D eigenvalue weighted by Crippen LogP contribution is 2.44. The highest BCUT2D eigenvalue weighted by atomic mass is 32.1. The molecule has 182 valence electrons. The Hall–Kier alpha value is -3.12. The molecule has 6 aromatic heterocycles. The van der Waals surface area contributed by atoms with E-state index in [1.54, 1.807) is 45.3 Å². The number of nitrogens with zero attached hydrogens (tertiary/aromatic N) is 4. The molecule has 4 nitrogen and oxygen atoms in total. The highest BCUT2D eigenvalue weighted by Gasteiger charge is 2.20. The minimum atomic E-state index is 0.914. The molecule has 0 unspecified atom stereocenters. The van der Waals surface area contributed by atoms with Crippen molar-refractivity contribution < 1.29 is 0 Å². The van der Waals surface area contributed by atoms with E-state index >= 15 is 0 Å². The molecule has 0 radical (unpaired) electrons. The van der Waals surface area contributed by atoms with Gasteiger partial charge >= 0.3 is 0 Å². The molecule has 2 aromatic carbocycles. The Bertz CT molecular complexity index is 1890. The summed E-state index contributed by atoms with van der Waals surface area (Å²) in [5.41, 5.74) is 8.03. The molecule has 8 aromatic rings. The molecule has 0 saturated heterocycles. The van der Waals surface area contributed by atoms with Crippen LogP contribution in [0.2, 0.25) is 0 Å². The van der Waals surface area contributed by atoms with E-state index in [0.717, 1.165) is 44.3 Å². The summed E-state index contributed by atoms with van der Waals surface area (Å²) in [6.45, 7) is 0. The van der Waals surface area contributed by atoms with Crippen LogP contribution < -0.4 is 0 Å². The third kappa shape index (κ3) is 3.71. The van der Waals surface area contributed by atoms with E-state index in [2.05, 4.69) is 83.6 Å². The zero-order valence-corrected chi connectivity index (χ0v) is 24.2. The topological polar surface area (TPSA) is 51.6 Å². The average molecular weight is 599 g/mol. The predicted octanol–water partition coefficient (Wildman–Crippen LogP) is 10.3. The summed E-state index contributed by atoms with van der Waals surface area (Å²) in [6.07, 6.45) is 0. The minimum absolute atomic E-state index is 0.914. The molecule has 0 aliphatic carbocycles. The van der Waals surface area contributed by atoms with Crippen LogP contribution in [0.3, 0.4) is 0 Å². The van der Waals surface area contributed by atoms with E-state index in [1.165, 1.54) is 52.7 Å². The minimum Gasteiger partial charge on any atom is -0.172 e. The summed E-state index contributed by atoms with van der Waals surface area (Å²) in [7, 11) is 0. The highest BCUT2D eigenvalue weighted by molar-refractivity contribution is 7.24. The van der Waals surface area contributed by atoms with Gasteiger partial charge in [-0.25, -0.2) is 0 Å². The first-order valence-corrected chi connectivity index (χ1v) is 16.5. The van der Waals surface area contributed by atoms with Gasteiger partial charge in [0.15, 0.2) is 0 Å². The van der Waals surface area contributed by atoms with Gasteiger partial charge in [0.2, 0.25) is 0 Å². The van der Waals surface area contributed by atoms with E-state index < -0.39 is 0 Å². The van der Waals surface area contributed by atoms with Crippen LogP contribution in [0.1, 0.15) is 0 Å². The maximum Gasteiger partial charge on any atom is 0.114 e. The molecule has 0 bridgehead atoms. The van der Waals surface area contributed by atoms with E-state index in [4.69, 9.17) is 17.5 Å². The summed E-state index contributed by atoms with van der Waals surface area (Å²) in [4.78, 5) is 7.53. The molecule has 6 heterocycles. The molecule has 0 spiro atoms. The number of fused-ring (bicyclic) bond motifs is 2. The molecule has 10 heteroatoms. The molecule has 0 saturated carbocycles. The van der Waals surface area contributed by atoms with Gasteiger partial charge in [-0.2, -0.15) is 17.5 Å². The fourth-order valence-corrected chi connectivity index (χ4v) is 9.51. The van der Waals surface area contributed by atoms with Gasteiger partial charge in [-0.15, -0.1) is 45.3 Å². The number of thiophene rings is 4. The third-order valence-corrected chi connectivity index (χ3v) is 11.8. The lowest BCUT2D eigenvalue weighted by molar-refractivity contribution is 1.59. The molecule has 38 heavy (non-hydrogen) atoms. The lowest BCUT2D eigenvalue weighted by Crippen LogP contribution is -1.87. The second-order valence-corrected chi connectivity index (χ2v) is 13.6. The molecule has 8 rings (SSSR count). The Morgan fingerprint density at radius 3 is 1.18 bits per heavy atom. The first-order valence-electron chi connectivity index (χ1n) is 11.6. The smallest absolute Gasteiger partial charge is 0.114 e. The fourth-order valence-electron chi connectivity index (χ4n) is 4.63. The van der Waals surface area contributed by atoms with Crippen molar-refractivity contribution in [3.63, 3.8) is 0 Å². The average Bonchev–Trinajstić information content (AvgIpc) is 3.80. The Kier molecular flexibility index (Phi) is 5.56. The maximum atomic E-state index is 4.74. The Balaban J connectivity index is 1.23. The molecule has 0 N–H and O–H groups in total. The van der Waals surface area contributed by atoms with Crippen molar-refractivity contribution in [1.82, 2.24) is 17.5 Å². The number of rotatable bonds is 5. The van der Waals surface area contributed by atoms with Crippen LogP contribution in [0.15, 0.2) is 83.6 Å². The van der Waals surface area contributed by atoms with Gasteiger partial charge in [-0.1, -0.05) is 36.4 Å². The Labute approximate surface area is 241 Å². The van der Waals surface area contributed by atoms with Crippen molar-refractivity contribution in [3.05, 3.63) is 83.6 Å². The van der Waals surface area contributed by atoms with Gasteiger partial charge in [-0.3, -0.25) is 0 Å². The van der Waals surface area contributed by atoms with E-state index in [0.29, 0.717) is 0 Å². The summed E-state index contributed by atoms with van der Waals surface area (Å²) in [5.74, 6) is 0. The largest absolute Gasteiger partial charge is 0.172 e. The first-order chi connectivity index (χ1) is 18.8. The lowest BCUT2D eigenvalue weighted by Gasteiger charge is -2.08. The molecular formula is C28H14N4S6. The zero-order chi connectivity index (χ0) is 25.1. The van der Waals surface area contributed by atoms with Crippen LogP contribution in [0.4, 0.5) is 0 Å². The third-order valence-electron chi connectivity index (χ3n) is 6.39. The van der Waals surface area contributed by atoms with Crippen LogP contribution in [0, 0.1) is 0 Å². The number of hydrogen-bond donors (Lipinski definition) is 0. The monoisotopic (exact) mass is 598 g/mol. The molecular weight excluding hydrogens is 585 g/mol. The van der Waals surface area contributed by atoms with E-state index in [9.17, 15) is 0 Å². The van der Waals surface area contributed by atoms with Crippen LogP contribution in [0.5, 0.6) is 0 Å². The SMILES string of the molecule is c1csc(-c2ccc(-c3ccc(-c4ccc(-c5ccc(-c6cccs6)s5)c5nsnc45)c4nsnc34)s2)c1. The number of aromatic nitrogens is 4. The fraction of sp³-hybridized carbons (Fsp3) is 0. The standard InChI is InChI=1S/C28H14N4S6/c1-3-21(33-13-1)23-11-9-19(35-23)17-7-5-15(25-27(17)31-37-29-25)16-6-8-18(28-26(16)30-38-32-28)20-10-12-24(36-20)22-4-2-14-34-22/h1-14H. The van der Waals surface area contributed by atoms with Crippen LogP contribution >= 0.6 is 68.8 Å². The molecule has 0 aliphatic rings. The van der Waals surface area contributed by atoms with Crippen molar-refractivity contribution in [2.75, 3.05) is 0 Å². The Morgan fingerprint density at radius 2 is 0.763 bits per heavy atom. The van der Waals surface area contributed by atoms with Gasteiger partial charge in [0, 0.05) is 51.5 Å². The van der Waals surface area contributed by atoms with Crippen LogP contribution in [-0.4, -0.2) is 17.5 Å². The van der Waals surface area contributed by atoms with Crippen molar-refractivity contribution in [2.24, 2.45) is 0 Å². The number of hydrogen-bond acceptors (Lipinski definition) is 10. The maximum absolute atomic E-state index is 4.74. The van der Waals surface area contributed by atoms with Gasteiger partial charge in [0.1, 0.15) is 22.1 Å². The van der Waals surface area contributed by atoms with Crippen molar-refractivity contribution >= 4 is 90.9 Å². The Morgan fingerprint density at radius 1 is 0.368 bits per heavy atom. The second-order valence-electron chi connectivity index (χ2n) is 8.53. The first kappa shape index (κ1) is 22.8. The summed E-state index contributed by atoms with van der Waals surface area (Å²) in [5, 5.41) is 4.24. The van der Waals surface area contributed by atoms with Gasteiger partial charge in [0.25, 0.3) is 0 Å². The van der Waals surface area contributed by atoms with Crippen LogP contribution in [0.25, 0.3) is 73.6 Å². The predicted molar refractivity (Wildman–Crippen MR) is 167 cm³/mol. The summed E-state index contributed by atoms with van der Waals surface area (Å²) >= 11 is 9.64. The number of benzene rings is 2. The molecule has 0 amide bonds. The second kappa shape index (κ2) is 9.26. The molecule has 0 aliphatic heterocycles. The molecule has 0 atom stereocenters. The summed E-state index contributed by atoms with van der Waals surface area (Å²) in [6, 6.07) is 26.0.